The Kier molecular flexibility index (Phi) is 6.06. The molecular formula is C23H26N4O4. The lowest BCUT2D eigenvalue weighted by Gasteiger charge is -2.20. The first-order valence-electron chi connectivity index (χ1n) is 10.4. The minimum Gasteiger partial charge on any atom is -0.493 e. The summed E-state index contributed by atoms with van der Waals surface area (Å²) in [5, 5.41) is 8.73. The molecule has 2 aromatic rings. The lowest BCUT2D eigenvalue weighted by molar-refractivity contribution is -0.119. The number of nitrogens with two attached hydrogens (primary N) is 1. The summed E-state index contributed by atoms with van der Waals surface area (Å²) in [6.07, 6.45) is 4.64. The summed E-state index contributed by atoms with van der Waals surface area (Å²) in [7, 11) is 1.59. The molecule has 8 nitrogen and oxygen atoms in total. The molecule has 2 aromatic carbocycles. The van der Waals surface area contributed by atoms with E-state index in [9.17, 15) is 9.59 Å². The summed E-state index contributed by atoms with van der Waals surface area (Å²) in [6.45, 7) is 0. The van der Waals surface area contributed by atoms with Crippen molar-refractivity contribution < 1.29 is 19.1 Å². The standard InChI is InChI=1S/C23H26N4O4/c1-30-20-12-11-15(13-21(20)31-17-9-5-6-10-17)25-23(29)18-14-19(22(24)28)27(26-18)16-7-3-2-4-8-16/h2-4,7-8,11-13,17,19H,5-6,9-10,14H2,1H3,(H2,24,28)(H,25,29). The van der Waals surface area contributed by atoms with Crippen molar-refractivity contribution >= 4 is 28.9 Å². The number of nitrogens with one attached hydrogen (secondary N) is 1. The van der Waals surface area contributed by atoms with Gasteiger partial charge in [0.05, 0.1) is 18.9 Å². The molecule has 1 fully saturated rings. The van der Waals surface area contributed by atoms with E-state index >= 15 is 0 Å². The molecule has 2 amide bonds. The van der Waals surface area contributed by atoms with Gasteiger partial charge in [-0.15, -0.1) is 0 Å². The number of amides is 2. The maximum atomic E-state index is 12.9. The number of carbonyl (C=O) groups is 2. The van der Waals surface area contributed by atoms with E-state index in [1.54, 1.807) is 25.3 Å². The molecule has 1 aliphatic carbocycles. The third kappa shape index (κ3) is 4.63. The number of hydrogen-bond donors (Lipinski definition) is 2. The zero-order valence-corrected chi connectivity index (χ0v) is 17.4. The van der Waals surface area contributed by atoms with E-state index in [0.29, 0.717) is 22.9 Å². The molecule has 1 unspecified atom stereocenters. The first-order chi connectivity index (χ1) is 15.0. The van der Waals surface area contributed by atoms with Crippen LogP contribution in [0.2, 0.25) is 0 Å². The quantitative estimate of drug-likeness (QED) is 0.713. The normalized spacial score (nSPS) is 18.5. The molecule has 1 saturated carbocycles. The minimum atomic E-state index is -0.708. The Morgan fingerprint density at radius 3 is 2.52 bits per heavy atom. The van der Waals surface area contributed by atoms with Gasteiger partial charge in [0, 0.05) is 18.2 Å². The number of ether oxygens (including phenoxy) is 2. The number of primary amides is 1. The molecule has 0 aromatic heterocycles. The molecule has 1 heterocycles. The van der Waals surface area contributed by atoms with E-state index < -0.39 is 11.9 Å². The monoisotopic (exact) mass is 422 g/mol. The third-order valence-electron chi connectivity index (χ3n) is 5.54. The second-order valence-corrected chi connectivity index (χ2v) is 7.69. The van der Waals surface area contributed by atoms with Crippen molar-refractivity contribution in [2.75, 3.05) is 17.4 Å². The Balaban J connectivity index is 1.51. The molecule has 162 valence electrons. The van der Waals surface area contributed by atoms with Crippen LogP contribution in [0, 0.1) is 0 Å². The number of hydrazone groups is 1. The number of nitrogens with zero attached hydrogens (tertiary/aromatic N) is 2. The van der Waals surface area contributed by atoms with Gasteiger partial charge in [-0.2, -0.15) is 5.10 Å². The fourth-order valence-electron chi connectivity index (χ4n) is 3.92. The number of rotatable bonds is 7. The van der Waals surface area contributed by atoms with Crippen LogP contribution in [-0.4, -0.2) is 36.8 Å². The van der Waals surface area contributed by atoms with Crippen LogP contribution in [0.1, 0.15) is 32.1 Å². The Labute approximate surface area is 181 Å². The van der Waals surface area contributed by atoms with Crippen molar-refractivity contribution in [3.05, 3.63) is 48.5 Å². The van der Waals surface area contributed by atoms with Crippen LogP contribution < -0.4 is 25.5 Å². The van der Waals surface area contributed by atoms with Gasteiger partial charge in [-0.3, -0.25) is 14.6 Å². The second kappa shape index (κ2) is 9.07. The summed E-state index contributed by atoms with van der Waals surface area (Å²) in [5.74, 6) is 0.294. The summed E-state index contributed by atoms with van der Waals surface area (Å²) < 4.78 is 11.5. The maximum absolute atomic E-state index is 12.9. The number of carbonyl (C=O) groups excluding carboxylic acids is 2. The summed E-state index contributed by atoms with van der Waals surface area (Å²) in [6, 6.07) is 13.7. The SMILES string of the molecule is COc1ccc(NC(=O)C2=NN(c3ccccc3)C(C(N)=O)C2)cc1OC1CCCC1. The van der Waals surface area contributed by atoms with Gasteiger partial charge in [-0.05, 0) is 49.9 Å². The highest BCUT2D eigenvalue weighted by Crippen LogP contribution is 2.34. The Hall–Kier alpha value is -3.55. The Bertz CT molecular complexity index is 986. The Morgan fingerprint density at radius 1 is 1.10 bits per heavy atom. The van der Waals surface area contributed by atoms with Gasteiger partial charge in [0.1, 0.15) is 11.8 Å². The van der Waals surface area contributed by atoms with Gasteiger partial charge in [0.25, 0.3) is 5.91 Å². The van der Waals surface area contributed by atoms with Gasteiger partial charge in [0.2, 0.25) is 5.91 Å². The summed E-state index contributed by atoms with van der Waals surface area (Å²) >= 11 is 0. The number of anilines is 2. The molecule has 1 atom stereocenters. The van der Waals surface area contributed by atoms with E-state index in [1.807, 2.05) is 30.3 Å². The first kappa shape index (κ1) is 20.7. The van der Waals surface area contributed by atoms with Crippen LogP contribution in [0.4, 0.5) is 11.4 Å². The topological polar surface area (TPSA) is 106 Å². The zero-order valence-electron chi connectivity index (χ0n) is 17.4. The first-order valence-corrected chi connectivity index (χ1v) is 10.4. The van der Waals surface area contributed by atoms with E-state index in [-0.39, 0.29) is 24.1 Å². The number of benzene rings is 2. The molecule has 2 aliphatic rings. The minimum absolute atomic E-state index is 0.137. The third-order valence-corrected chi connectivity index (χ3v) is 5.54. The van der Waals surface area contributed by atoms with Crippen LogP contribution in [0.3, 0.4) is 0 Å². The molecule has 1 aliphatic heterocycles. The van der Waals surface area contributed by atoms with Crippen LogP contribution in [0.15, 0.2) is 53.6 Å². The number of methoxy groups -OCH3 is 1. The van der Waals surface area contributed by atoms with Crippen molar-refractivity contribution in [1.29, 1.82) is 0 Å². The van der Waals surface area contributed by atoms with Gasteiger partial charge >= 0.3 is 0 Å². The van der Waals surface area contributed by atoms with E-state index in [0.717, 1.165) is 25.7 Å². The fourth-order valence-corrected chi connectivity index (χ4v) is 3.92. The van der Waals surface area contributed by atoms with Crippen LogP contribution in [-0.2, 0) is 9.59 Å². The highest BCUT2D eigenvalue weighted by Gasteiger charge is 2.35. The van der Waals surface area contributed by atoms with E-state index in [1.165, 1.54) is 5.01 Å². The maximum Gasteiger partial charge on any atom is 0.271 e. The smallest absolute Gasteiger partial charge is 0.271 e. The van der Waals surface area contributed by atoms with E-state index in [4.69, 9.17) is 15.2 Å². The van der Waals surface area contributed by atoms with Gasteiger partial charge < -0.3 is 20.5 Å². The lowest BCUT2D eigenvalue weighted by Crippen LogP contribution is -2.39. The van der Waals surface area contributed by atoms with Gasteiger partial charge in [-0.1, -0.05) is 18.2 Å². The number of para-hydroxylation sites is 1. The van der Waals surface area contributed by atoms with Crippen molar-refractivity contribution in [1.82, 2.24) is 0 Å². The van der Waals surface area contributed by atoms with Crippen molar-refractivity contribution in [3.63, 3.8) is 0 Å². The second-order valence-electron chi connectivity index (χ2n) is 7.69. The zero-order chi connectivity index (χ0) is 21.8. The molecule has 8 heteroatoms. The van der Waals surface area contributed by atoms with E-state index in [2.05, 4.69) is 10.4 Å². The molecule has 0 radical (unpaired) electrons. The lowest BCUT2D eigenvalue weighted by atomic mass is 10.1. The summed E-state index contributed by atoms with van der Waals surface area (Å²) in [5.41, 5.74) is 7.06. The van der Waals surface area contributed by atoms with Crippen LogP contribution >= 0.6 is 0 Å². The molecule has 31 heavy (non-hydrogen) atoms. The predicted octanol–water partition coefficient (Wildman–Crippen LogP) is 3.08. The van der Waals surface area contributed by atoms with Crippen molar-refractivity contribution in [3.8, 4) is 11.5 Å². The van der Waals surface area contributed by atoms with Crippen molar-refractivity contribution in [2.45, 2.75) is 44.2 Å². The highest BCUT2D eigenvalue weighted by atomic mass is 16.5. The fraction of sp³-hybridized carbons (Fsp3) is 0.348. The number of hydrogen-bond acceptors (Lipinski definition) is 6. The molecule has 0 bridgehead atoms. The summed E-state index contributed by atoms with van der Waals surface area (Å²) in [4.78, 5) is 24.8. The molecular weight excluding hydrogens is 396 g/mol. The van der Waals surface area contributed by atoms with Crippen molar-refractivity contribution in [2.24, 2.45) is 10.8 Å². The molecule has 0 spiro atoms. The van der Waals surface area contributed by atoms with Crippen LogP contribution in [0.25, 0.3) is 0 Å². The van der Waals surface area contributed by atoms with Gasteiger partial charge in [0.15, 0.2) is 11.5 Å². The Morgan fingerprint density at radius 2 is 1.84 bits per heavy atom. The van der Waals surface area contributed by atoms with Gasteiger partial charge in [-0.25, -0.2) is 0 Å². The largest absolute Gasteiger partial charge is 0.493 e. The molecule has 4 rings (SSSR count). The average Bonchev–Trinajstić information content (AvgIpc) is 3.45. The predicted molar refractivity (Wildman–Crippen MR) is 118 cm³/mol. The molecule has 0 saturated heterocycles. The average molecular weight is 422 g/mol. The van der Waals surface area contributed by atoms with Crippen LogP contribution in [0.5, 0.6) is 11.5 Å². The molecule has 3 N–H and O–H groups in total. The highest BCUT2D eigenvalue weighted by molar-refractivity contribution is 6.44.